The molecule has 128 valence electrons. The van der Waals surface area contributed by atoms with Crippen molar-refractivity contribution < 1.29 is 14.3 Å². The van der Waals surface area contributed by atoms with Gasteiger partial charge in [0, 0.05) is 18.0 Å². The van der Waals surface area contributed by atoms with Gasteiger partial charge in [-0.05, 0) is 30.5 Å². The molecule has 0 spiro atoms. The number of carbonyl (C=O) groups excluding carboxylic acids is 2. The summed E-state index contributed by atoms with van der Waals surface area (Å²) in [4.78, 5) is 24.8. The van der Waals surface area contributed by atoms with Crippen LogP contribution in [0.2, 0.25) is 0 Å². The van der Waals surface area contributed by atoms with Crippen molar-refractivity contribution in [3.05, 3.63) is 82.6 Å². The predicted molar refractivity (Wildman–Crippen MR) is 95.6 cm³/mol. The van der Waals surface area contributed by atoms with Crippen molar-refractivity contribution in [2.45, 2.75) is 32.8 Å². The number of rotatable bonds is 4. The molecule has 0 bridgehead atoms. The molecule has 4 nitrogen and oxygen atoms in total. The Kier molecular flexibility index (Phi) is 4.98. The van der Waals surface area contributed by atoms with Crippen LogP contribution in [-0.4, -0.2) is 11.9 Å². The van der Waals surface area contributed by atoms with Gasteiger partial charge in [-0.25, -0.2) is 4.79 Å². The van der Waals surface area contributed by atoms with Crippen LogP contribution in [0.1, 0.15) is 36.0 Å². The summed E-state index contributed by atoms with van der Waals surface area (Å²) in [5.74, 6) is -0.738. The molecule has 2 aromatic rings. The Balaban J connectivity index is 1.87. The molecule has 0 fully saturated rings. The fourth-order valence-corrected chi connectivity index (χ4v) is 3.22. The minimum absolute atomic E-state index is 0.0784. The lowest BCUT2D eigenvalue weighted by Crippen LogP contribution is -2.34. The number of carbonyl (C=O) groups is 2. The van der Waals surface area contributed by atoms with Crippen molar-refractivity contribution >= 4 is 11.9 Å². The zero-order chi connectivity index (χ0) is 17.8. The summed E-state index contributed by atoms with van der Waals surface area (Å²) in [6, 6.07) is 17.4. The summed E-state index contributed by atoms with van der Waals surface area (Å²) >= 11 is 0. The summed E-state index contributed by atoms with van der Waals surface area (Å²) in [7, 11) is 0. The largest absolute Gasteiger partial charge is 0.457 e. The Hall–Kier alpha value is -2.88. The molecule has 0 aliphatic carbocycles. The van der Waals surface area contributed by atoms with E-state index in [0.29, 0.717) is 11.3 Å². The number of hydrogen-bond donors (Lipinski definition) is 1. The first kappa shape index (κ1) is 17.0. The number of hydrogen-bond acceptors (Lipinski definition) is 3. The smallest absolute Gasteiger partial charge is 0.336 e. The lowest BCUT2D eigenvalue weighted by atomic mass is 9.82. The van der Waals surface area contributed by atoms with E-state index in [4.69, 9.17) is 4.74 Å². The molecule has 1 aliphatic rings. The lowest BCUT2D eigenvalue weighted by molar-refractivity contribution is -0.141. The second-order valence-corrected chi connectivity index (χ2v) is 6.26. The molecule has 1 aliphatic heterocycles. The van der Waals surface area contributed by atoms with Crippen molar-refractivity contribution in [1.29, 1.82) is 0 Å². The molecule has 25 heavy (non-hydrogen) atoms. The minimum Gasteiger partial charge on any atom is -0.457 e. The Labute approximate surface area is 147 Å². The molecule has 1 atom stereocenters. The van der Waals surface area contributed by atoms with Crippen molar-refractivity contribution in [3.63, 3.8) is 0 Å². The molecule has 1 heterocycles. The van der Waals surface area contributed by atoms with E-state index in [1.54, 1.807) is 6.92 Å². The summed E-state index contributed by atoms with van der Waals surface area (Å²) in [6.45, 7) is 3.95. The third-order valence-corrected chi connectivity index (χ3v) is 4.47. The second-order valence-electron chi connectivity index (χ2n) is 6.26. The number of ether oxygens (including phenoxy) is 1. The number of nitrogens with one attached hydrogen (secondary N) is 1. The van der Waals surface area contributed by atoms with Gasteiger partial charge in [-0.3, -0.25) is 4.79 Å². The van der Waals surface area contributed by atoms with Crippen LogP contribution in [0.5, 0.6) is 0 Å². The Bertz CT molecular complexity index is 824. The monoisotopic (exact) mass is 335 g/mol. The van der Waals surface area contributed by atoms with Gasteiger partial charge in [0.25, 0.3) is 0 Å². The highest BCUT2D eigenvalue weighted by atomic mass is 16.5. The van der Waals surface area contributed by atoms with E-state index in [1.807, 2.05) is 61.5 Å². The Morgan fingerprint density at radius 1 is 1.08 bits per heavy atom. The van der Waals surface area contributed by atoms with Crippen LogP contribution in [0.3, 0.4) is 0 Å². The maximum Gasteiger partial charge on any atom is 0.336 e. The maximum atomic E-state index is 12.8. The van der Waals surface area contributed by atoms with Gasteiger partial charge in [-0.2, -0.15) is 0 Å². The van der Waals surface area contributed by atoms with Gasteiger partial charge in [0.2, 0.25) is 5.91 Å². The summed E-state index contributed by atoms with van der Waals surface area (Å²) in [6.07, 6.45) is 0.248. The molecule has 1 amide bonds. The molecular weight excluding hydrogens is 314 g/mol. The van der Waals surface area contributed by atoms with Crippen molar-refractivity contribution in [3.8, 4) is 0 Å². The van der Waals surface area contributed by atoms with Gasteiger partial charge in [-0.1, -0.05) is 54.6 Å². The molecular formula is C21H21NO3. The van der Waals surface area contributed by atoms with Gasteiger partial charge >= 0.3 is 5.97 Å². The fraction of sp³-hybridized carbons (Fsp3) is 0.238. The van der Waals surface area contributed by atoms with Crippen LogP contribution in [-0.2, 0) is 20.9 Å². The first-order valence-corrected chi connectivity index (χ1v) is 8.33. The molecule has 0 saturated carbocycles. The minimum atomic E-state index is -0.380. The quantitative estimate of drug-likeness (QED) is 0.868. The maximum absolute atomic E-state index is 12.8. The molecule has 2 aromatic carbocycles. The van der Waals surface area contributed by atoms with E-state index in [0.717, 1.165) is 16.7 Å². The molecule has 4 heteroatoms. The number of amides is 1. The summed E-state index contributed by atoms with van der Waals surface area (Å²) < 4.78 is 5.52. The normalized spacial score (nSPS) is 17.2. The van der Waals surface area contributed by atoms with E-state index < -0.39 is 0 Å². The molecule has 0 aromatic heterocycles. The summed E-state index contributed by atoms with van der Waals surface area (Å²) in [5.41, 5.74) is 4.08. The first-order chi connectivity index (χ1) is 12.1. The molecule has 1 unspecified atom stereocenters. The van der Waals surface area contributed by atoms with Crippen LogP contribution in [0.15, 0.2) is 65.9 Å². The van der Waals surface area contributed by atoms with Gasteiger partial charge in [0.05, 0.1) is 5.57 Å². The second kappa shape index (κ2) is 7.34. The standard InChI is InChI=1S/C21H21NO3/c1-14-8-6-7-11-17(14)18-12-19(23)22-15(2)20(18)21(24)25-13-16-9-4-3-5-10-16/h3-11,18H,12-13H2,1-2H3,(H,22,23). The number of esters is 1. The average Bonchev–Trinajstić information content (AvgIpc) is 2.60. The average molecular weight is 335 g/mol. The molecule has 1 N–H and O–H groups in total. The number of aryl methyl sites for hydroxylation is 1. The highest BCUT2D eigenvalue weighted by molar-refractivity contribution is 5.95. The highest BCUT2D eigenvalue weighted by Gasteiger charge is 2.33. The third-order valence-electron chi connectivity index (χ3n) is 4.47. The lowest BCUT2D eigenvalue weighted by Gasteiger charge is -2.27. The van der Waals surface area contributed by atoms with Gasteiger partial charge < -0.3 is 10.1 Å². The number of allylic oxidation sites excluding steroid dienone is 1. The van der Waals surface area contributed by atoms with E-state index in [9.17, 15) is 9.59 Å². The van der Waals surface area contributed by atoms with Crippen molar-refractivity contribution in [2.75, 3.05) is 0 Å². The van der Waals surface area contributed by atoms with Crippen LogP contribution < -0.4 is 5.32 Å². The highest BCUT2D eigenvalue weighted by Crippen LogP contribution is 2.35. The third kappa shape index (κ3) is 3.79. The van der Waals surface area contributed by atoms with E-state index in [2.05, 4.69) is 5.32 Å². The molecule has 0 radical (unpaired) electrons. The van der Waals surface area contributed by atoms with Crippen LogP contribution in [0.4, 0.5) is 0 Å². The van der Waals surface area contributed by atoms with Crippen LogP contribution in [0.25, 0.3) is 0 Å². The van der Waals surface area contributed by atoms with Crippen LogP contribution in [0, 0.1) is 6.92 Å². The molecule has 3 rings (SSSR count). The predicted octanol–water partition coefficient (Wildman–Crippen LogP) is 3.62. The van der Waals surface area contributed by atoms with Crippen molar-refractivity contribution in [1.82, 2.24) is 5.32 Å². The number of benzene rings is 2. The SMILES string of the molecule is CC1=C(C(=O)OCc2ccccc2)C(c2ccccc2C)CC(=O)N1. The Morgan fingerprint density at radius 3 is 2.48 bits per heavy atom. The van der Waals surface area contributed by atoms with E-state index >= 15 is 0 Å². The van der Waals surface area contributed by atoms with Gasteiger partial charge in [-0.15, -0.1) is 0 Å². The van der Waals surface area contributed by atoms with E-state index in [1.165, 1.54) is 0 Å². The zero-order valence-corrected chi connectivity index (χ0v) is 14.4. The zero-order valence-electron chi connectivity index (χ0n) is 14.4. The van der Waals surface area contributed by atoms with Gasteiger partial charge in [0.15, 0.2) is 0 Å². The van der Waals surface area contributed by atoms with E-state index in [-0.39, 0.29) is 30.8 Å². The molecule has 0 saturated heterocycles. The van der Waals surface area contributed by atoms with Crippen molar-refractivity contribution in [2.24, 2.45) is 0 Å². The summed E-state index contributed by atoms with van der Waals surface area (Å²) in [5, 5.41) is 2.77. The van der Waals surface area contributed by atoms with Crippen LogP contribution >= 0.6 is 0 Å². The van der Waals surface area contributed by atoms with Gasteiger partial charge in [0.1, 0.15) is 6.61 Å². The Morgan fingerprint density at radius 2 is 1.76 bits per heavy atom. The topological polar surface area (TPSA) is 55.4 Å². The fourth-order valence-electron chi connectivity index (χ4n) is 3.22. The first-order valence-electron chi connectivity index (χ1n) is 8.33.